The third-order valence-corrected chi connectivity index (χ3v) is 2.80. The Morgan fingerprint density at radius 3 is 1.40 bits per heavy atom. The Morgan fingerprint density at radius 1 is 0.900 bits per heavy atom. The molecule has 0 bridgehead atoms. The van der Waals surface area contributed by atoms with Crippen molar-refractivity contribution in [3.8, 4) is 0 Å². The maximum Gasteiger partial charge on any atom is -0.0417 e. The molecule has 2 aliphatic carbocycles. The van der Waals surface area contributed by atoms with Crippen molar-refractivity contribution in [2.24, 2.45) is 5.92 Å². The first-order valence-electron chi connectivity index (χ1n) is 4.93. The van der Waals surface area contributed by atoms with Crippen molar-refractivity contribution < 1.29 is 0 Å². The predicted octanol–water partition coefficient (Wildman–Crippen LogP) is 3.76. The van der Waals surface area contributed by atoms with E-state index in [1.165, 1.54) is 51.4 Å². The second-order valence-electron chi connectivity index (χ2n) is 3.62. The van der Waals surface area contributed by atoms with Crippen molar-refractivity contribution >= 4 is 0 Å². The molecule has 0 radical (unpaired) electrons. The van der Waals surface area contributed by atoms with Gasteiger partial charge in [-0.1, -0.05) is 58.3 Å². The Balaban J connectivity index is 0.000000108. The van der Waals surface area contributed by atoms with Crippen LogP contribution in [0.2, 0.25) is 0 Å². The van der Waals surface area contributed by atoms with E-state index in [2.05, 4.69) is 6.92 Å². The zero-order valence-electron chi connectivity index (χ0n) is 7.23. The summed E-state index contributed by atoms with van der Waals surface area (Å²) in [5, 5.41) is 0. The average molecular weight is 140 g/mol. The summed E-state index contributed by atoms with van der Waals surface area (Å²) in [7, 11) is 0. The Morgan fingerprint density at radius 2 is 1.40 bits per heavy atom. The molecule has 0 aromatic rings. The number of hydrogen-bond acceptors (Lipinski definition) is 0. The van der Waals surface area contributed by atoms with Crippen LogP contribution < -0.4 is 0 Å². The van der Waals surface area contributed by atoms with Crippen LogP contribution in [0.5, 0.6) is 0 Å². The van der Waals surface area contributed by atoms with Crippen molar-refractivity contribution in [2.45, 2.75) is 58.3 Å². The average Bonchev–Trinajstić information content (AvgIpc) is 1.55. The molecule has 2 aliphatic rings. The smallest absolute Gasteiger partial charge is 0.0417 e. The fourth-order valence-electron chi connectivity index (χ4n) is 1.15. The minimum absolute atomic E-state index is 1.12. The van der Waals surface area contributed by atoms with Gasteiger partial charge in [-0.2, -0.15) is 0 Å². The van der Waals surface area contributed by atoms with E-state index < -0.39 is 0 Å². The fourth-order valence-corrected chi connectivity index (χ4v) is 1.15. The molecule has 0 heteroatoms. The SMILES string of the molecule is C1CCC1.CCC1CCC1. The highest BCUT2D eigenvalue weighted by molar-refractivity contribution is 4.66. The maximum absolute atomic E-state index is 2.28. The summed E-state index contributed by atoms with van der Waals surface area (Å²) in [5.74, 6) is 1.12. The molecular weight excluding hydrogens is 120 g/mol. The number of rotatable bonds is 1. The minimum atomic E-state index is 1.12. The monoisotopic (exact) mass is 140 g/mol. The molecule has 2 saturated carbocycles. The summed E-state index contributed by atoms with van der Waals surface area (Å²) in [6.45, 7) is 2.28. The Kier molecular flexibility index (Phi) is 3.86. The summed E-state index contributed by atoms with van der Waals surface area (Å²) in [6, 6.07) is 0. The zero-order chi connectivity index (χ0) is 7.23. The van der Waals surface area contributed by atoms with E-state index in [9.17, 15) is 0 Å². The maximum atomic E-state index is 2.28. The first kappa shape index (κ1) is 8.10. The molecule has 0 nitrogen and oxygen atoms in total. The van der Waals surface area contributed by atoms with E-state index in [1.807, 2.05) is 0 Å². The molecule has 0 spiro atoms. The summed E-state index contributed by atoms with van der Waals surface area (Å²) in [6.07, 6.45) is 11.9. The second kappa shape index (κ2) is 4.76. The van der Waals surface area contributed by atoms with E-state index in [0.29, 0.717) is 0 Å². The van der Waals surface area contributed by atoms with Gasteiger partial charge in [0, 0.05) is 0 Å². The molecule has 2 fully saturated rings. The minimum Gasteiger partial charge on any atom is -0.0651 e. The first-order chi connectivity index (χ1) is 4.93. The Bertz CT molecular complexity index is 61.4. The molecule has 0 saturated heterocycles. The quantitative estimate of drug-likeness (QED) is 0.520. The van der Waals surface area contributed by atoms with Crippen molar-refractivity contribution in [3.05, 3.63) is 0 Å². The van der Waals surface area contributed by atoms with Gasteiger partial charge in [-0.05, 0) is 5.92 Å². The molecule has 0 aromatic carbocycles. The van der Waals surface area contributed by atoms with Crippen LogP contribution in [-0.4, -0.2) is 0 Å². The number of hydrogen-bond donors (Lipinski definition) is 0. The topological polar surface area (TPSA) is 0 Å². The van der Waals surface area contributed by atoms with Crippen LogP contribution in [0.1, 0.15) is 58.3 Å². The Labute approximate surface area is 65.0 Å². The molecule has 0 N–H and O–H groups in total. The molecule has 10 heavy (non-hydrogen) atoms. The van der Waals surface area contributed by atoms with Gasteiger partial charge in [0.1, 0.15) is 0 Å². The van der Waals surface area contributed by atoms with Gasteiger partial charge in [0.05, 0.1) is 0 Å². The van der Waals surface area contributed by atoms with Crippen LogP contribution in [0.3, 0.4) is 0 Å². The summed E-state index contributed by atoms with van der Waals surface area (Å²) in [4.78, 5) is 0. The molecule has 0 aromatic heterocycles. The van der Waals surface area contributed by atoms with Gasteiger partial charge in [-0.15, -0.1) is 0 Å². The van der Waals surface area contributed by atoms with Crippen LogP contribution in [0.15, 0.2) is 0 Å². The highest BCUT2D eigenvalue weighted by Crippen LogP contribution is 2.28. The highest BCUT2D eigenvalue weighted by atomic mass is 14.2. The van der Waals surface area contributed by atoms with E-state index in [-0.39, 0.29) is 0 Å². The lowest BCUT2D eigenvalue weighted by atomic mass is 9.84. The summed E-state index contributed by atoms with van der Waals surface area (Å²) in [5.41, 5.74) is 0. The van der Waals surface area contributed by atoms with Gasteiger partial charge in [0.2, 0.25) is 0 Å². The van der Waals surface area contributed by atoms with Crippen molar-refractivity contribution in [1.82, 2.24) is 0 Å². The lowest BCUT2D eigenvalue weighted by molar-refractivity contribution is 0.307. The van der Waals surface area contributed by atoms with E-state index in [0.717, 1.165) is 5.92 Å². The Hall–Kier alpha value is 0. The van der Waals surface area contributed by atoms with E-state index in [1.54, 1.807) is 0 Å². The van der Waals surface area contributed by atoms with Gasteiger partial charge >= 0.3 is 0 Å². The lowest BCUT2D eigenvalue weighted by Crippen LogP contribution is -2.08. The van der Waals surface area contributed by atoms with Crippen LogP contribution in [-0.2, 0) is 0 Å². The summed E-state index contributed by atoms with van der Waals surface area (Å²) < 4.78 is 0. The molecule has 0 unspecified atom stereocenters. The van der Waals surface area contributed by atoms with Crippen molar-refractivity contribution in [2.75, 3.05) is 0 Å². The third kappa shape index (κ3) is 2.72. The van der Waals surface area contributed by atoms with Gasteiger partial charge in [0.15, 0.2) is 0 Å². The molecular formula is C10H20. The van der Waals surface area contributed by atoms with Gasteiger partial charge < -0.3 is 0 Å². The van der Waals surface area contributed by atoms with Crippen LogP contribution in [0.4, 0.5) is 0 Å². The van der Waals surface area contributed by atoms with Gasteiger partial charge in [-0.3, -0.25) is 0 Å². The molecule has 0 amide bonds. The van der Waals surface area contributed by atoms with E-state index in [4.69, 9.17) is 0 Å². The first-order valence-corrected chi connectivity index (χ1v) is 4.93. The normalized spacial score (nSPS) is 23.7. The van der Waals surface area contributed by atoms with Gasteiger partial charge in [-0.25, -0.2) is 0 Å². The highest BCUT2D eigenvalue weighted by Gasteiger charge is 2.13. The molecule has 0 aliphatic heterocycles. The van der Waals surface area contributed by atoms with Crippen LogP contribution >= 0.6 is 0 Å². The van der Waals surface area contributed by atoms with Crippen molar-refractivity contribution in [1.29, 1.82) is 0 Å². The lowest BCUT2D eigenvalue weighted by Gasteiger charge is -2.22. The third-order valence-electron chi connectivity index (χ3n) is 2.80. The molecule has 60 valence electrons. The summed E-state index contributed by atoms with van der Waals surface area (Å²) >= 11 is 0. The van der Waals surface area contributed by atoms with Crippen molar-refractivity contribution in [3.63, 3.8) is 0 Å². The zero-order valence-corrected chi connectivity index (χ0v) is 7.23. The largest absolute Gasteiger partial charge is 0.0651 e. The predicted molar refractivity (Wildman–Crippen MR) is 46.1 cm³/mol. The standard InChI is InChI=1S/C6H12.C4H8/c1-2-6-4-3-5-6;1-2-4-3-1/h6H,2-5H2,1H3;1-4H2. The molecule has 0 heterocycles. The molecule has 0 atom stereocenters. The fraction of sp³-hybridized carbons (Fsp3) is 1.00. The van der Waals surface area contributed by atoms with Gasteiger partial charge in [0.25, 0.3) is 0 Å². The van der Waals surface area contributed by atoms with E-state index >= 15 is 0 Å². The van der Waals surface area contributed by atoms with Crippen LogP contribution in [0.25, 0.3) is 0 Å². The second-order valence-corrected chi connectivity index (χ2v) is 3.62. The molecule has 2 rings (SSSR count). The van der Waals surface area contributed by atoms with Crippen LogP contribution in [0, 0.1) is 5.92 Å².